The largest absolute Gasteiger partial charge is 0.368 e. The molecule has 2 aromatic rings. The van der Waals surface area contributed by atoms with Crippen LogP contribution in [0.1, 0.15) is 35.6 Å². The molecule has 1 N–H and O–H groups in total. The number of benzene rings is 1. The van der Waals surface area contributed by atoms with E-state index < -0.39 is 0 Å². The highest BCUT2D eigenvalue weighted by Crippen LogP contribution is 2.29. The zero-order valence-corrected chi connectivity index (χ0v) is 14.0. The molecule has 1 aliphatic rings. The summed E-state index contributed by atoms with van der Waals surface area (Å²) in [5.41, 5.74) is 3.84. The average molecular weight is 311 g/mol. The van der Waals surface area contributed by atoms with Crippen LogP contribution in [-0.2, 0) is 6.42 Å². The number of H-pyrrole nitrogens is 1. The van der Waals surface area contributed by atoms with Gasteiger partial charge in [-0.1, -0.05) is 44.2 Å². The predicted molar refractivity (Wildman–Crippen MR) is 94.4 cm³/mol. The number of anilines is 1. The molecule has 1 aliphatic heterocycles. The maximum Gasteiger partial charge on any atom is 0.209 e. The van der Waals surface area contributed by atoms with Gasteiger partial charge in [-0.2, -0.15) is 0 Å². The lowest BCUT2D eigenvalue weighted by Crippen LogP contribution is -2.34. The Hall–Kier alpha value is -2.07. The minimum atomic E-state index is 0.0729. The number of hydrogen-bond acceptors (Lipinski definition) is 3. The second-order valence-corrected chi connectivity index (χ2v) is 6.01. The van der Waals surface area contributed by atoms with Crippen molar-refractivity contribution in [1.82, 2.24) is 9.88 Å². The fraction of sp³-hybridized carbons (Fsp3) is 0.421. The molecule has 0 saturated carbocycles. The van der Waals surface area contributed by atoms with Gasteiger partial charge in [0.2, 0.25) is 5.78 Å². The summed E-state index contributed by atoms with van der Waals surface area (Å²) in [6.45, 7) is 9.70. The Morgan fingerprint density at radius 3 is 2.65 bits per heavy atom. The Morgan fingerprint density at radius 1 is 1.22 bits per heavy atom. The lowest BCUT2D eigenvalue weighted by atomic mass is 10.1. The molecule has 0 amide bonds. The summed E-state index contributed by atoms with van der Waals surface area (Å²) in [6.07, 6.45) is 0.996. The lowest BCUT2D eigenvalue weighted by Gasteiger charge is -2.24. The molecular weight excluding hydrogens is 286 g/mol. The smallest absolute Gasteiger partial charge is 0.209 e. The minimum Gasteiger partial charge on any atom is -0.368 e. The van der Waals surface area contributed by atoms with E-state index in [4.69, 9.17) is 0 Å². The van der Waals surface area contributed by atoms with Crippen molar-refractivity contribution in [2.45, 2.75) is 20.3 Å². The van der Waals surface area contributed by atoms with E-state index in [0.717, 1.165) is 44.7 Å². The Balaban J connectivity index is 1.72. The zero-order valence-electron chi connectivity index (χ0n) is 14.0. The van der Waals surface area contributed by atoms with Crippen LogP contribution in [0.4, 0.5) is 5.69 Å². The molecule has 4 heteroatoms. The van der Waals surface area contributed by atoms with Crippen molar-refractivity contribution in [3.05, 3.63) is 53.3 Å². The van der Waals surface area contributed by atoms with Gasteiger partial charge >= 0.3 is 0 Å². The molecule has 4 nitrogen and oxygen atoms in total. The van der Waals surface area contributed by atoms with Crippen molar-refractivity contribution in [3.8, 4) is 0 Å². The highest BCUT2D eigenvalue weighted by atomic mass is 16.1. The van der Waals surface area contributed by atoms with Crippen LogP contribution in [0.15, 0.2) is 36.4 Å². The number of fused-ring (bicyclic) bond motifs is 1. The van der Waals surface area contributed by atoms with Crippen molar-refractivity contribution in [1.29, 1.82) is 0 Å². The molecule has 0 saturated heterocycles. The fourth-order valence-electron chi connectivity index (χ4n) is 3.23. The first-order chi connectivity index (χ1) is 11.2. The third-order valence-corrected chi connectivity index (χ3v) is 4.71. The van der Waals surface area contributed by atoms with Crippen LogP contribution in [0.2, 0.25) is 0 Å². The minimum absolute atomic E-state index is 0.0729. The molecule has 0 fully saturated rings. The molecule has 0 bridgehead atoms. The van der Waals surface area contributed by atoms with Gasteiger partial charge in [0.15, 0.2) is 0 Å². The summed E-state index contributed by atoms with van der Waals surface area (Å²) < 4.78 is 0. The second-order valence-electron chi connectivity index (χ2n) is 6.01. The summed E-state index contributed by atoms with van der Waals surface area (Å²) >= 11 is 0. The van der Waals surface area contributed by atoms with Crippen LogP contribution in [0.5, 0.6) is 0 Å². The van der Waals surface area contributed by atoms with Crippen LogP contribution < -0.4 is 4.90 Å². The van der Waals surface area contributed by atoms with Crippen LogP contribution >= 0.6 is 0 Å². The molecule has 1 aromatic heterocycles. The van der Waals surface area contributed by atoms with Gasteiger partial charge in [-0.25, -0.2) is 0 Å². The van der Waals surface area contributed by atoms with Crippen molar-refractivity contribution < 1.29 is 4.79 Å². The summed E-state index contributed by atoms with van der Waals surface area (Å²) in [5, 5.41) is 0. The molecule has 0 radical (unpaired) electrons. The van der Waals surface area contributed by atoms with Gasteiger partial charge in [-0.15, -0.1) is 0 Å². The maximum absolute atomic E-state index is 12.6. The molecule has 122 valence electrons. The number of aromatic nitrogens is 1. The van der Waals surface area contributed by atoms with Gasteiger partial charge in [0.1, 0.15) is 0 Å². The van der Waals surface area contributed by atoms with Gasteiger partial charge in [0.05, 0.1) is 11.4 Å². The fourth-order valence-corrected chi connectivity index (χ4v) is 3.23. The Kier molecular flexibility index (Phi) is 4.82. The van der Waals surface area contributed by atoms with Crippen molar-refractivity contribution in [2.75, 3.05) is 37.6 Å². The number of rotatable bonds is 7. The Morgan fingerprint density at radius 2 is 1.96 bits per heavy atom. The van der Waals surface area contributed by atoms with E-state index in [0.29, 0.717) is 5.69 Å². The first-order valence-electron chi connectivity index (χ1n) is 8.51. The van der Waals surface area contributed by atoms with Crippen LogP contribution in [0, 0.1) is 0 Å². The SMILES string of the molecule is CCN(CC)CCN1CCc2[nH]c(C(=O)c3ccccc3)cc21. The van der Waals surface area contributed by atoms with Crippen LogP contribution in [0.3, 0.4) is 0 Å². The average Bonchev–Trinajstić information content (AvgIpc) is 3.17. The second kappa shape index (κ2) is 7.01. The van der Waals surface area contributed by atoms with E-state index in [1.807, 2.05) is 36.4 Å². The summed E-state index contributed by atoms with van der Waals surface area (Å²) in [4.78, 5) is 20.7. The standard InChI is InChI=1S/C19H25N3O/c1-3-21(4-2)12-13-22-11-10-16-18(22)14-17(20-16)19(23)15-8-6-5-7-9-15/h5-9,14,20H,3-4,10-13H2,1-2H3. The molecule has 0 unspecified atom stereocenters. The lowest BCUT2D eigenvalue weighted by molar-refractivity contribution is 0.103. The molecule has 0 spiro atoms. The molecule has 1 aromatic carbocycles. The third kappa shape index (κ3) is 3.32. The molecule has 0 aliphatic carbocycles. The third-order valence-electron chi connectivity index (χ3n) is 4.71. The van der Waals surface area contributed by atoms with Gasteiger partial charge < -0.3 is 14.8 Å². The Bertz CT molecular complexity index is 659. The van der Waals surface area contributed by atoms with Crippen molar-refractivity contribution in [2.24, 2.45) is 0 Å². The van der Waals surface area contributed by atoms with Crippen LogP contribution in [0.25, 0.3) is 0 Å². The van der Waals surface area contributed by atoms with Gasteiger partial charge in [0, 0.05) is 37.3 Å². The van der Waals surface area contributed by atoms with E-state index >= 15 is 0 Å². The molecule has 2 heterocycles. The number of ketones is 1. The number of nitrogens with zero attached hydrogens (tertiary/aromatic N) is 2. The highest BCUT2D eigenvalue weighted by Gasteiger charge is 2.24. The van der Waals surface area contributed by atoms with Gasteiger partial charge in [0.25, 0.3) is 0 Å². The summed E-state index contributed by atoms with van der Waals surface area (Å²) in [7, 11) is 0. The first-order valence-corrected chi connectivity index (χ1v) is 8.51. The quantitative estimate of drug-likeness (QED) is 0.799. The molecular formula is C19H25N3O. The predicted octanol–water partition coefficient (Wildman–Crippen LogP) is 2.95. The summed E-state index contributed by atoms with van der Waals surface area (Å²) in [6, 6.07) is 11.5. The Labute approximate surface area is 138 Å². The van der Waals surface area contributed by atoms with Gasteiger partial charge in [-0.3, -0.25) is 4.79 Å². The molecule has 3 rings (SSSR count). The number of likely N-dealkylation sites (N-methyl/N-ethyl adjacent to an activating group) is 1. The van der Waals surface area contributed by atoms with Gasteiger partial charge in [-0.05, 0) is 19.2 Å². The number of nitrogens with one attached hydrogen (secondary N) is 1. The van der Waals surface area contributed by atoms with E-state index in [1.54, 1.807) is 0 Å². The van der Waals surface area contributed by atoms with E-state index in [9.17, 15) is 4.79 Å². The van der Waals surface area contributed by atoms with Crippen LogP contribution in [-0.4, -0.2) is 48.4 Å². The summed E-state index contributed by atoms with van der Waals surface area (Å²) in [5.74, 6) is 0.0729. The van der Waals surface area contributed by atoms with Crippen molar-refractivity contribution in [3.63, 3.8) is 0 Å². The number of carbonyl (C=O) groups excluding carboxylic acids is 1. The van der Waals surface area contributed by atoms with E-state index in [1.165, 1.54) is 11.4 Å². The number of hydrogen-bond donors (Lipinski definition) is 1. The zero-order chi connectivity index (χ0) is 16.2. The monoisotopic (exact) mass is 311 g/mol. The maximum atomic E-state index is 12.6. The number of carbonyl (C=O) groups is 1. The van der Waals surface area contributed by atoms with Crippen molar-refractivity contribution >= 4 is 11.5 Å². The number of aromatic amines is 1. The highest BCUT2D eigenvalue weighted by molar-refractivity contribution is 6.08. The topological polar surface area (TPSA) is 39.3 Å². The normalized spacial score (nSPS) is 13.6. The molecule has 0 atom stereocenters. The first kappa shape index (κ1) is 15.8. The van der Waals surface area contributed by atoms with E-state index in [-0.39, 0.29) is 5.78 Å². The molecule has 23 heavy (non-hydrogen) atoms. The van der Waals surface area contributed by atoms with E-state index in [2.05, 4.69) is 28.6 Å².